The Balaban J connectivity index is 2.21. The van der Waals surface area contributed by atoms with Crippen LogP contribution in [0.4, 0.5) is 5.69 Å². The van der Waals surface area contributed by atoms with Crippen LogP contribution in [0, 0.1) is 0 Å². The van der Waals surface area contributed by atoms with Crippen LogP contribution < -0.4 is 4.90 Å². The lowest BCUT2D eigenvalue weighted by molar-refractivity contribution is -0.114. The van der Waals surface area contributed by atoms with Crippen molar-refractivity contribution in [1.82, 2.24) is 0 Å². The smallest absolute Gasteiger partial charge is 0.335 e. The molecule has 1 amide bonds. The highest BCUT2D eigenvalue weighted by Gasteiger charge is 2.17. The van der Waals surface area contributed by atoms with E-state index in [1.165, 1.54) is 18.2 Å². The molecule has 0 fully saturated rings. The number of aromatic carboxylic acids is 1. The maximum absolute atomic E-state index is 12.6. The summed E-state index contributed by atoms with van der Waals surface area (Å²) in [5, 5.41) is 8.99. The second kappa shape index (κ2) is 8.71. The highest BCUT2D eigenvalue weighted by atomic mass is 16.4. The number of carboxylic acid groups (broad SMARTS) is 1. The fraction of sp³-hybridized carbons (Fsp3) is 0.364. The van der Waals surface area contributed by atoms with Crippen LogP contribution in [0.25, 0.3) is 6.08 Å². The number of hydrogen-bond donors (Lipinski definition) is 1. The summed E-state index contributed by atoms with van der Waals surface area (Å²) in [4.78, 5) is 25.2. The third-order valence-corrected chi connectivity index (χ3v) is 4.35. The lowest BCUT2D eigenvalue weighted by Crippen LogP contribution is -2.28. The number of nitrogens with zero attached hydrogens (tertiary/aromatic N) is 1. The molecule has 0 bridgehead atoms. The first-order chi connectivity index (χ1) is 12.7. The first-order valence-electron chi connectivity index (χ1n) is 9.21. The molecule has 0 saturated heterocycles. The van der Waals surface area contributed by atoms with Crippen molar-refractivity contribution in [2.45, 2.75) is 46.5 Å². The minimum absolute atomic E-state index is 0.186. The number of benzene rings is 1. The number of carboxylic acids is 1. The van der Waals surface area contributed by atoms with E-state index in [0.29, 0.717) is 23.9 Å². The van der Waals surface area contributed by atoms with E-state index in [1.807, 2.05) is 13.0 Å². The Morgan fingerprint density at radius 2 is 1.74 bits per heavy atom. The Bertz CT molecular complexity index is 803. The maximum atomic E-state index is 12.6. The van der Waals surface area contributed by atoms with Crippen LogP contribution in [0.15, 0.2) is 40.8 Å². The van der Waals surface area contributed by atoms with E-state index < -0.39 is 5.97 Å². The van der Waals surface area contributed by atoms with Crippen LogP contribution in [0.5, 0.6) is 0 Å². The molecule has 2 aromatic rings. The molecule has 5 nitrogen and oxygen atoms in total. The summed E-state index contributed by atoms with van der Waals surface area (Å²) >= 11 is 0. The minimum Gasteiger partial charge on any atom is -0.478 e. The van der Waals surface area contributed by atoms with Gasteiger partial charge in [-0.15, -0.1) is 0 Å². The average molecular weight is 369 g/mol. The molecular weight excluding hydrogens is 342 g/mol. The molecule has 1 aromatic heterocycles. The first kappa shape index (κ1) is 20.5. The van der Waals surface area contributed by atoms with Gasteiger partial charge in [0.1, 0.15) is 11.5 Å². The molecule has 0 atom stereocenters. The zero-order valence-corrected chi connectivity index (χ0v) is 16.5. The van der Waals surface area contributed by atoms with Gasteiger partial charge in [-0.25, -0.2) is 4.79 Å². The van der Waals surface area contributed by atoms with Crippen LogP contribution in [0.3, 0.4) is 0 Å². The van der Waals surface area contributed by atoms with Gasteiger partial charge in [-0.3, -0.25) is 4.79 Å². The number of rotatable bonds is 7. The summed E-state index contributed by atoms with van der Waals surface area (Å²) in [6.45, 7) is 10.8. The molecule has 1 N–H and O–H groups in total. The highest BCUT2D eigenvalue weighted by molar-refractivity contribution is 6.03. The summed E-state index contributed by atoms with van der Waals surface area (Å²) in [5.41, 5.74) is 2.01. The van der Waals surface area contributed by atoms with Gasteiger partial charge in [0.05, 0.1) is 5.56 Å². The summed E-state index contributed by atoms with van der Waals surface area (Å²) in [7, 11) is 0. The Morgan fingerprint density at radius 1 is 1.11 bits per heavy atom. The number of carbonyl (C=O) groups is 2. The third-order valence-electron chi connectivity index (χ3n) is 4.35. The lowest BCUT2D eigenvalue weighted by Gasteiger charge is -2.19. The second-order valence-corrected chi connectivity index (χ2v) is 7.05. The molecule has 1 heterocycles. The molecule has 2 rings (SSSR count). The van der Waals surface area contributed by atoms with E-state index >= 15 is 0 Å². The molecule has 0 aliphatic rings. The van der Waals surface area contributed by atoms with Crippen molar-refractivity contribution in [1.29, 1.82) is 0 Å². The number of hydrogen-bond acceptors (Lipinski definition) is 3. The van der Waals surface area contributed by atoms with Gasteiger partial charge >= 0.3 is 5.97 Å². The number of amides is 1. The zero-order chi connectivity index (χ0) is 20.1. The fourth-order valence-electron chi connectivity index (χ4n) is 2.92. The Hall–Kier alpha value is -2.82. The number of furan rings is 1. The highest BCUT2D eigenvalue weighted by Crippen LogP contribution is 2.30. The van der Waals surface area contributed by atoms with Crippen molar-refractivity contribution in [3.05, 3.63) is 59.1 Å². The second-order valence-electron chi connectivity index (χ2n) is 7.05. The summed E-state index contributed by atoms with van der Waals surface area (Å²) in [6, 6.07) is 8.25. The topological polar surface area (TPSA) is 70.8 Å². The van der Waals surface area contributed by atoms with Gasteiger partial charge in [0.15, 0.2) is 0 Å². The molecule has 0 aliphatic carbocycles. The van der Waals surface area contributed by atoms with E-state index in [9.17, 15) is 9.59 Å². The number of anilines is 1. The molecule has 0 spiro atoms. The average Bonchev–Trinajstić information content (AvgIpc) is 3.06. The molecule has 0 aliphatic heterocycles. The fourth-order valence-corrected chi connectivity index (χ4v) is 2.92. The summed E-state index contributed by atoms with van der Waals surface area (Å²) in [6.07, 6.45) is 3.18. The largest absolute Gasteiger partial charge is 0.478 e. The maximum Gasteiger partial charge on any atom is 0.335 e. The van der Waals surface area contributed by atoms with E-state index in [4.69, 9.17) is 9.52 Å². The monoisotopic (exact) mass is 369 g/mol. The van der Waals surface area contributed by atoms with E-state index in [0.717, 1.165) is 11.3 Å². The van der Waals surface area contributed by atoms with Crippen molar-refractivity contribution < 1.29 is 19.1 Å². The molecule has 27 heavy (non-hydrogen) atoms. The van der Waals surface area contributed by atoms with E-state index in [-0.39, 0.29) is 17.4 Å². The zero-order valence-electron chi connectivity index (χ0n) is 16.5. The quantitative estimate of drug-likeness (QED) is 0.673. The van der Waals surface area contributed by atoms with E-state index in [1.54, 1.807) is 23.1 Å². The van der Waals surface area contributed by atoms with Crippen molar-refractivity contribution in [2.24, 2.45) is 0 Å². The van der Waals surface area contributed by atoms with Crippen LogP contribution in [-0.2, 0) is 4.79 Å². The SMILES string of the molecule is CCN(C(=O)/C=C/c1cc(C(C)C)c(C(C)C)o1)c1ccc(C(=O)O)cc1. The molecule has 0 radical (unpaired) electrons. The van der Waals surface area contributed by atoms with Crippen LogP contribution in [0.2, 0.25) is 0 Å². The molecule has 1 aromatic carbocycles. The predicted molar refractivity (Wildman–Crippen MR) is 107 cm³/mol. The van der Waals surface area contributed by atoms with Gasteiger partial charge in [-0.05, 0) is 54.8 Å². The van der Waals surface area contributed by atoms with Gasteiger partial charge in [-0.1, -0.05) is 27.7 Å². The van der Waals surface area contributed by atoms with Crippen LogP contribution >= 0.6 is 0 Å². The van der Waals surface area contributed by atoms with Gasteiger partial charge in [-0.2, -0.15) is 0 Å². The van der Waals surface area contributed by atoms with Gasteiger partial charge in [0.2, 0.25) is 0 Å². The Kier molecular flexibility index (Phi) is 6.61. The summed E-state index contributed by atoms with van der Waals surface area (Å²) in [5.74, 6) is 1.07. The van der Waals surface area contributed by atoms with Crippen molar-refractivity contribution in [3.8, 4) is 0 Å². The number of carbonyl (C=O) groups excluding carboxylic acids is 1. The van der Waals surface area contributed by atoms with Crippen molar-refractivity contribution >= 4 is 23.6 Å². The standard InChI is InChI=1S/C22H27NO4/c1-6-23(17-9-7-16(8-10-17)22(25)26)20(24)12-11-18-13-19(14(2)3)21(27-18)15(4)5/h7-15H,6H2,1-5H3,(H,25,26)/b12-11+. The van der Waals surface area contributed by atoms with E-state index in [2.05, 4.69) is 27.7 Å². The molecule has 5 heteroatoms. The summed E-state index contributed by atoms with van der Waals surface area (Å²) < 4.78 is 5.93. The predicted octanol–water partition coefficient (Wildman–Crippen LogP) is 5.29. The molecular formula is C22H27NO4. The minimum atomic E-state index is -0.990. The number of likely N-dealkylation sites (N-methyl/N-ethyl adjacent to an activating group) is 1. The Labute approximate surface area is 160 Å². The third kappa shape index (κ3) is 4.88. The van der Waals surface area contributed by atoms with Gasteiger partial charge in [0.25, 0.3) is 5.91 Å². The van der Waals surface area contributed by atoms with Crippen LogP contribution in [-0.4, -0.2) is 23.5 Å². The molecule has 0 unspecified atom stereocenters. The lowest BCUT2D eigenvalue weighted by atomic mass is 9.98. The Morgan fingerprint density at radius 3 is 2.19 bits per heavy atom. The van der Waals surface area contributed by atoms with Gasteiger partial charge < -0.3 is 14.4 Å². The van der Waals surface area contributed by atoms with Gasteiger partial charge in [0, 0.05) is 24.2 Å². The van der Waals surface area contributed by atoms with Crippen molar-refractivity contribution in [3.63, 3.8) is 0 Å². The van der Waals surface area contributed by atoms with Crippen LogP contribution in [0.1, 0.15) is 73.9 Å². The van der Waals surface area contributed by atoms with Crippen molar-refractivity contribution in [2.75, 3.05) is 11.4 Å². The normalized spacial score (nSPS) is 11.5. The molecule has 144 valence electrons. The first-order valence-corrected chi connectivity index (χ1v) is 9.21. The molecule has 0 saturated carbocycles.